The van der Waals surface area contributed by atoms with Crippen LogP contribution in [0.3, 0.4) is 0 Å². The van der Waals surface area contributed by atoms with Crippen molar-refractivity contribution in [1.82, 2.24) is 10.2 Å². The van der Waals surface area contributed by atoms with Gasteiger partial charge >= 0.3 is 12.0 Å². The number of para-hydroxylation sites is 3. The Morgan fingerprint density at radius 3 is 2.30 bits per heavy atom. The Kier molecular flexibility index (Phi) is 8.34. The van der Waals surface area contributed by atoms with E-state index in [9.17, 15) is 29.1 Å². The zero-order chi connectivity index (χ0) is 31.6. The largest absolute Gasteiger partial charge is 0.478 e. The van der Waals surface area contributed by atoms with Crippen molar-refractivity contribution in [2.45, 2.75) is 32.7 Å². The molecule has 0 spiro atoms. The summed E-state index contributed by atoms with van der Waals surface area (Å²) in [5.74, 6) is -4.12. The Morgan fingerprint density at radius 2 is 1.61 bits per heavy atom. The predicted molar refractivity (Wildman–Crippen MR) is 161 cm³/mol. The molecule has 12 heteroatoms. The normalized spacial score (nSPS) is 17.9. The topological polar surface area (TPSA) is 139 Å². The summed E-state index contributed by atoms with van der Waals surface area (Å²) >= 11 is 0. The molecule has 0 aromatic heterocycles. The molecule has 5 amide bonds. The summed E-state index contributed by atoms with van der Waals surface area (Å²) < 4.78 is 15.2. The van der Waals surface area contributed by atoms with Gasteiger partial charge in [-0.15, -0.1) is 0 Å². The Labute approximate surface area is 253 Å². The number of fused-ring (bicyclic) bond motifs is 1. The number of aromatic carboxylic acids is 1. The molecule has 1 unspecified atom stereocenters. The number of carbonyl (C=O) groups is 5. The van der Waals surface area contributed by atoms with Gasteiger partial charge in [0.25, 0.3) is 11.8 Å². The van der Waals surface area contributed by atoms with Gasteiger partial charge in [0.05, 0.1) is 22.6 Å². The summed E-state index contributed by atoms with van der Waals surface area (Å²) in [4.78, 5) is 70.2. The van der Waals surface area contributed by atoms with Crippen LogP contribution in [0.15, 0.2) is 72.8 Å². The molecule has 5 rings (SSSR count). The molecule has 2 aliphatic heterocycles. The third-order valence-corrected chi connectivity index (χ3v) is 7.68. The van der Waals surface area contributed by atoms with E-state index in [1.807, 2.05) is 0 Å². The quantitative estimate of drug-likeness (QED) is 0.359. The third kappa shape index (κ3) is 6.24. The number of hydrogen-bond acceptors (Lipinski definition) is 5. The fourth-order valence-electron chi connectivity index (χ4n) is 5.58. The van der Waals surface area contributed by atoms with E-state index in [2.05, 4.69) is 24.5 Å². The van der Waals surface area contributed by atoms with Crippen LogP contribution in [-0.2, 0) is 14.4 Å². The van der Waals surface area contributed by atoms with E-state index in [4.69, 9.17) is 0 Å². The number of rotatable bonds is 6. The van der Waals surface area contributed by atoms with Crippen LogP contribution in [0.4, 0.5) is 31.9 Å². The molecule has 3 aromatic rings. The van der Waals surface area contributed by atoms with E-state index in [1.165, 1.54) is 54.6 Å². The molecule has 0 saturated carbocycles. The lowest BCUT2D eigenvalue weighted by Crippen LogP contribution is -2.57. The summed E-state index contributed by atoms with van der Waals surface area (Å²) in [6.07, 6.45) is 1.75. The molecule has 1 fully saturated rings. The number of hydrogen-bond donors (Lipinski definition) is 3. The number of amides is 5. The van der Waals surface area contributed by atoms with E-state index in [-0.39, 0.29) is 39.6 Å². The number of urea groups is 1. The number of piperidine rings is 1. The molecule has 0 radical (unpaired) electrons. The maximum absolute atomic E-state index is 15.2. The highest BCUT2D eigenvalue weighted by Crippen LogP contribution is 2.39. The number of nitrogens with one attached hydrogen (secondary N) is 2. The van der Waals surface area contributed by atoms with E-state index in [1.54, 1.807) is 23.1 Å². The molecule has 3 aromatic carbocycles. The Bertz CT molecular complexity index is 1640. The highest BCUT2D eigenvalue weighted by atomic mass is 19.1. The summed E-state index contributed by atoms with van der Waals surface area (Å²) in [6, 6.07) is 14.4. The van der Waals surface area contributed by atoms with Crippen LogP contribution in [0, 0.1) is 11.2 Å². The standard InChI is InChI=1S/C32H32FN5O6/c1-32(2)15-8-16-36(19-32)26(39)18-37-24-13-5-6-14-25(24)38(23-12-4-3-11-22(23)33)29(41)27(28(37)40)35-31(44)34-21-10-7-9-20(17-21)30(42)43/h3-7,9-14,17,27H,8,15-16,18-19H2,1-2H3,(H,42,43)(H2,34,35,44). The SMILES string of the molecule is CC1(C)CCCN(C(=O)CN2C(=O)C(NC(=O)Nc3cccc(C(=O)O)c3)C(=O)N(c3ccccc3F)c3ccccc32)C1. The highest BCUT2D eigenvalue weighted by Gasteiger charge is 2.43. The van der Waals surface area contributed by atoms with E-state index < -0.39 is 42.2 Å². The average Bonchev–Trinajstić information content (AvgIpc) is 3.06. The number of halogens is 1. The molecular weight excluding hydrogens is 569 g/mol. The zero-order valence-corrected chi connectivity index (χ0v) is 24.2. The lowest BCUT2D eigenvalue weighted by Gasteiger charge is -2.39. The van der Waals surface area contributed by atoms with Crippen molar-refractivity contribution in [3.63, 3.8) is 0 Å². The zero-order valence-electron chi connectivity index (χ0n) is 24.2. The van der Waals surface area contributed by atoms with Crippen LogP contribution in [0.5, 0.6) is 0 Å². The van der Waals surface area contributed by atoms with Crippen LogP contribution in [-0.4, -0.2) is 65.4 Å². The van der Waals surface area contributed by atoms with Crippen molar-refractivity contribution < 1.29 is 33.5 Å². The second kappa shape index (κ2) is 12.2. The van der Waals surface area contributed by atoms with Gasteiger partial charge in [0, 0.05) is 18.8 Å². The predicted octanol–water partition coefficient (Wildman–Crippen LogP) is 4.37. The Balaban J connectivity index is 1.53. The van der Waals surface area contributed by atoms with Gasteiger partial charge in [-0.05, 0) is 60.7 Å². The van der Waals surface area contributed by atoms with Gasteiger partial charge in [0.1, 0.15) is 12.4 Å². The molecule has 3 N–H and O–H groups in total. The van der Waals surface area contributed by atoms with Gasteiger partial charge in [0.2, 0.25) is 5.91 Å². The fourth-order valence-corrected chi connectivity index (χ4v) is 5.58. The molecule has 2 heterocycles. The number of carboxylic acids is 1. The smallest absolute Gasteiger partial charge is 0.335 e. The van der Waals surface area contributed by atoms with E-state index in [0.29, 0.717) is 13.1 Å². The first-order chi connectivity index (χ1) is 20.9. The van der Waals surface area contributed by atoms with Crippen molar-refractivity contribution in [2.75, 3.05) is 34.8 Å². The molecule has 2 aliphatic rings. The molecule has 0 aliphatic carbocycles. The number of carbonyl (C=O) groups excluding carboxylic acids is 4. The molecule has 1 saturated heterocycles. The van der Waals surface area contributed by atoms with Gasteiger partial charge in [-0.3, -0.25) is 24.2 Å². The number of likely N-dealkylation sites (tertiary alicyclic amines) is 1. The second-order valence-electron chi connectivity index (χ2n) is 11.5. The first-order valence-electron chi connectivity index (χ1n) is 14.1. The third-order valence-electron chi connectivity index (χ3n) is 7.68. The average molecular weight is 602 g/mol. The summed E-state index contributed by atoms with van der Waals surface area (Å²) in [6.45, 7) is 4.73. The minimum absolute atomic E-state index is 0.0869. The van der Waals surface area contributed by atoms with Crippen molar-refractivity contribution in [2.24, 2.45) is 5.41 Å². The van der Waals surface area contributed by atoms with Crippen molar-refractivity contribution in [3.8, 4) is 0 Å². The maximum atomic E-state index is 15.2. The molecule has 11 nitrogen and oxygen atoms in total. The first kappa shape index (κ1) is 30.2. The molecular formula is C32H32FN5O6. The molecule has 228 valence electrons. The summed E-state index contributed by atoms with van der Waals surface area (Å²) in [5, 5.41) is 14.1. The molecule has 1 atom stereocenters. The Hall–Kier alpha value is -5.26. The van der Waals surface area contributed by atoms with Crippen molar-refractivity contribution in [3.05, 3.63) is 84.2 Å². The van der Waals surface area contributed by atoms with E-state index in [0.717, 1.165) is 22.6 Å². The second-order valence-corrected chi connectivity index (χ2v) is 11.5. The van der Waals surface area contributed by atoms with Crippen LogP contribution < -0.4 is 20.4 Å². The van der Waals surface area contributed by atoms with Crippen LogP contribution >= 0.6 is 0 Å². The molecule has 0 bridgehead atoms. The van der Waals surface area contributed by atoms with Gasteiger partial charge in [-0.1, -0.05) is 44.2 Å². The minimum atomic E-state index is -1.87. The van der Waals surface area contributed by atoms with Gasteiger partial charge in [0.15, 0.2) is 6.04 Å². The minimum Gasteiger partial charge on any atom is -0.478 e. The summed E-state index contributed by atoms with van der Waals surface area (Å²) in [5.41, 5.74) is 0.108. The van der Waals surface area contributed by atoms with E-state index >= 15 is 4.39 Å². The van der Waals surface area contributed by atoms with Crippen molar-refractivity contribution >= 4 is 52.5 Å². The Morgan fingerprint density at radius 1 is 0.932 bits per heavy atom. The number of nitrogens with zero attached hydrogens (tertiary/aromatic N) is 3. The molecule has 44 heavy (non-hydrogen) atoms. The summed E-state index contributed by atoms with van der Waals surface area (Å²) in [7, 11) is 0. The number of benzene rings is 3. The number of carboxylic acid groups (broad SMARTS) is 1. The number of anilines is 4. The van der Waals surface area contributed by atoms with Gasteiger partial charge in [-0.25, -0.2) is 14.0 Å². The highest BCUT2D eigenvalue weighted by molar-refractivity contribution is 6.24. The van der Waals surface area contributed by atoms with Crippen molar-refractivity contribution in [1.29, 1.82) is 0 Å². The van der Waals surface area contributed by atoms with Gasteiger partial charge in [-0.2, -0.15) is 0 Å². The monoisotopic (exact) mass is 601 g/mol. The van der Waals surface area contributed by atoms with Crippen LogP contribution in [0.2, 0.25) is 0 Å². The van der Waals surface area contributed by atoms with Crippen LogP contribution in [0.1, 0.15) is 37.0 Å². The van der Waals surface area contributed by atoms with Gasteiger partial charge < -0.3 is 20.6 Å². The first-order valence-corrected chi connectivity index (χ1v) is 14.1. The van der Waals surface area contributed by atoms with Crippen LogP contribution in [0.25, 0.3) is 0 Å². The maximum Gasteiger partial charge on any atom is 0.335 e. The fraction of sp³-hybridized carbons (Fsp3) is 0.281. The lowest BCUT2D eigenvalue weighted by atomic mass is 9.84. The lowest BCUT2D eigenvalue weighted by molar-refractivity contribution is -0.135.